The molecule has 0 bridgehead atoms. The minimum Gasteiger partial charge on any atom is -0.394 e. The number of aliphatic hydroxyl groups is 1. The van der Waals surface area contributed by atoms with Crippen molar-refractivity contribution < 1.29 is 19.4 Å². The van der Waals surface area contributed by atoms with Crippen LogP contribution in [0.5, 0.6) is 0 Å². The fourth-order valence-electron chi connectivity index (χ4n) is 4.37. The zero-order chi connectivity index (χ0) is 18.3. The number of fused-ring (bicyclic) bond motifs is 1. The molecule has 0 aliphatic carbocycles. The Morgan fingerprint density at radius 3 is 2.73 bits per heavy atom. The molecular formula is C20H24N2O4. The Labute approximate surface area is 152 Å². The second kappa shape index (κ2) is 6.52. The van der Waals surface area contributed by atoms with Crippen molar-refractivity contribution in [3.63, 3.8) is 0 Å². The van der Waals surface area contributed by atoms with E-state index in [1.165, 1.54) is 0 Å². The van der Waals surface area contributed by atoms with Crippen LogP contribution >= 0.6 is 0 Å². The number of likely N-dealkylation sites (tertiary alicyclic amines) is 1. The van der Waals surface area contributed by atoms with E-state index in [0.29, 0.717) is 25.3 Å². The minimum atomic E-state index is -0.438. The molecule has 1 unspecified atom stereocenters. The standard InChI is InChI=1S/C20H24N2O4/c1-13-17(15-4-2-3-5-16(15)21-13)18(24)19(25)22-8-6-20(7-9-22)10-14(11-23)26-12-20/h2-5,14,21,23H,6-12H2,1H3. The molecule has 2 fully saturated rings. The summed E-state index contributed by atoms with van der Waals surface area (Å²) < 4.78 is 5.64. The molecule has 26 heavy (non-hydrogen) atoms. The smallest absolute Gasteiger partial charge is 0.295 e. The van der Waals surface area contributed by atoms with Crippen LogP contribution in [-0.2, 0) is 9.53 Å². The zero-order valence-corrected chi connectivity index (χ0v) is 15.0. The van der Waals surface area contributed by atoms with Crippen molar-refractivity contribution in [1.82, 2.24) is 9.88 Å². The van der Waals surface area contributed by atoms with Crippen molar-refractivity contribution in [1.29, 1.82) is 0 Å². The van der Waals surface area contributed by atoms with E-state index < -0.39 is 11.7 Å². The lowest BCUT2D eigenvalue weighted by molar-refractivity contribution is -0.128. The molecular weight excluding hydrogens is 332 g/mol. The van der Waals surface area contributed by atoms with Crippen molar-refractivity contribution in [3.8, 4) is 0 Å². The number of para-hydroxylation sites is 1. The average Bonchev–Trinajstić information content (AvgIpc) is 3.21. The van der Waals surface area contributed by atoms with Crippen LogP contribution in [0.4, 0.5) is 0 Å². The first kappa shape index (κ1) is 17.2. The molecule has 2 aliphatic heterocycles. The van der Waals surface area contributed by atoms with Crippen molar-refractivity contribution in [2.75, 3.05) is 26.3 Å². The summed E-state index contributed by atoms with van der Waals surface area (Å²) in [6, 6.07) is 7.56. The average molecular weight is 356 g/mol. The summed E-state index contributed by atoms with van der Waals surface area (Å²) in [7, 11) is 0. The number of piperidine rings is 1. The molecule has 0 saturated carbocycles. The van der Waals surface area contributed by atoms with Crippen LogP contribution in [-0.4, -0.2) is 59.1 Å². The number of rotatable bonds is 3. The monoisotopic (exact) mass is 356 g/mol. The van der Waals surface area contributed by atoms with Crippen LogP contribution < -0.4 is 0 Å². The highest BCUT2D eigenvalue weighted by atomic mass is 16.5. The first-order valence-electron chi connectivity index (χ1n) is 9.16. The maximum atomic E-state index is 12.9. The molecule has 6 nitrogen and oxygen atoms in total. The summed E-state index contributed by atoms with van der Waals surface area (Å²) in [6.07, 6.45) is 2.37. The number of ketones is 1. The lowest BCUT2D eigenvalue weighted by Gasteiger charge is -2.38. The van der Waals surface area contributed by atoms with Crippen LogP contribution in [0.2, 0.25) is 0 Å². The fraction of sp³-hybridized carbons (Fsp3) is 0.500. The van der Waals surface area contributed by atoms with Gasteiger partial charge in [-0.2, -0.15) is 0 Å². The first-order valence-corrected chi connectivity index (χ1v) is 9.16. The van der Waals surface area contributed by atoms with Gasteiger partial charge < -0.3 is 19.7 Å². The molecule has 1 aromatic carbocycles. The fourth-order valence-corrected chi connectivity index (χ4v) is 4.37. The predicted octanol–water partition coefficient (Wildman–Crippen LogP) is 2.05. The highest BCUT2D eigenvalue weighted by molar-refractivity contribution is 6.45. The van der Waals surface area contributed by atoms with E-state index in [0.717, 1.165) is 35.9 Å². The van der Waals surface area contributed by atoms with E-state index in [1.54, 1.807) is 4.90 Å². The first-order chi connectivity index (χ1) is 12.5. The second-order valence-corrected chi connectivity index (χ2v) is 7.61. The summed E-state index contributed by atoms with van der Waals surface area (Å²) in [4.78, 5) is 30.5. The number of aliphatic hydroxyl groups excluding tert-OH is 1. The van der Waals surface area contributed by atoms with Gasteiger partial charge in [0.15, 0.2) is 0 Å². The van der Waals surface area contributed by atoms with Gasteiger partial charge in [0, 0.05) is 29.7 Å². The van der Waals surface area contributed by atoms with Gasteiger partial charge in [0.25, 0.3) is 11.7 Å². The Balaban J connectivity index is 1.48. The van der Waals surface area contributed by atoms with Gasteiger partial charge in [0.05, 0.1) is 24.9 Å². The van der Waals surface area contributed by atoms with E-state index in [4.69, 9.17) is 4.74 Å². The molecule has 2 N–H and O–H groups in total. The summed E-state index contributed by atoms with van der Waals surface area (Å²) >= 11 is 0. The molecule has 2 aromatic rings. The topological polar surface area (TPSA) is 82.6 Å². The van der Waals surface area contributed by atoms with Crippen LogP contribution in [0, 0.1) is 12.3 Å². The molecule has 4 rings (SSSR count). The molecule has 1 aromatic heterocycles. The summed E-state index contributed by atoms with van der Waals surface area (Å²) in [5.41, 5.74) is 2.13. The van der Waals surface area contributed by atoms with E-state index in [1.807, 2.05) is 31.2 Å². The summed E-state index contributed by atoms with van der Waals surface area (Å²) in [5, 5.41) is 10.1. The molecule has 1 atom stereocenters. The molecule has 1 amide bonds. The SMILES string of the molecule is Cc1[nH]c2ccccc2c1C(=O)C(=O)N1CCC2(CC1)COC(CO)C2. The zero-order valence-electron chi connectivity index (χ0n) is 15.0. The molecule has 2 aliphatic rings. The third-order valence-electron chi connectivity index (χ3n) is 5.92. The van der Waals surface area contributed by atoms with E-state index in [-0.39, 0.29) is 18.1 Å². The number of aryl methyl sites for hydroxylation is 1. The number of carbonyl (C=O) groups is 2. The molecule has 138 valence electrons. The number of benzene rings is 1. The van der Waals surface area contributed by atoms with Gasteiger partial charge in [-0.15, -0.1) is 0 Å². The Kier molecular flexibility index (Phi) is 4.32. The molecule has 6 heteroatoms. The largest absolute Gasteiger partial charge is 0.394 e. The summed E-state index contributed by atoms with van der Waals surface area (Å²) in [6.45, 7) is 3.63. The van der Waals surface area contributed by atoms with Gasteiger partial charge >= 0.3 is 0 Å². The Bertz CT molecular complexity index is 849. The highest BCUT2D eigenvalue weighted by Gasteiger charge is 2.43. The number of H-pyrrole nitrogens is 1. The maximum Gasteiger partial charge on any atom is 0.295 e. The van der Waals surface area contributed by atoms with Crippen LogP contribution in [0.3, 0.4) is 0 Å². The van der Waals surface area contributed by atoms with Gasteiger partial charge in [-0.3, -0.25) is 9.59 Å². The maximum absolute atomic E-state index is 12.9. The quantitative estimate of drug-likeness (QED) is 0.651. The van der Waals surface area contributed by atoms with E-state index in [9.17, 15) is 14.7 Å². The van der Waals surface area contributed by atoms with E-state index >= 15 is 0 Å². The predicted molar refractivity (Wildman–Crippen MR) is 97.1 cm³/mol. The minimum absolute atomic E-state index is 0.0444. The van der Waals surface area contributed by atoms with Crippen molar-refractivity contribution >= 4 is 22.6 Å². The molecule has 0 radical (unpaired) electrons. The number of nitrogens with zero attached hydrogens (tertiary/aromatic N) is 1. The number of carbonyl (C=O) groups excluding carboxylic acids is 2. The van der Waals surface area contributed by atoms with Crippen molar-refractivity contribution in [2.45, 2.75) is 32.3 Å². The molecule has 1 spiro atoms. The Morgan fingerprint density at radius 1 is 1.31 bits per heavy atom. The third-order valence-corrected chi connectivity index (χ3v) is 5.92. The number of hydrogen-bond acceptors (Lipinski definition) is 4. The molecule has 2 saturated heterocycles. The van der Waals surface area contributed by atoms with Gasteiger partial charge in [-0.25, -0.2) is 0 Å². The van der Waals surface area contributed by atoms with Gasteiger partial charge in [-0.1, -0.05) is 18.2 Å². The van der Waals surface area contributed by atoms with Gasteiger partial charge in [0.1, 0.15) is 0 Å². The second-order valence-electron chi connectivity index (χ2n) is 7.61. The Hall–Kier alpha value is -2.18. The number of nitrogens with one attached hydrogen (secondary N) is 1. The molecule has 3 heterocycles. The number of amides is 1. The highest BCUT2D eigenvalue weighted by Crippen LogP contribution is 2.42. The van der Waals surface area contributed by atoms with Crippen molar-refractivity contribution in [3.05, 3.63) is 35.5 Å². The van der Waals surface area contributed by atoms with Crippen LogP contribution in [0.1, 0.15) is 35.3 Å². The number of Topliss-reactive ketones (excluding diaryl/α,β-unsaturated/α-hetero) is 1. The number of aromatic nitrogens is 1. The lowest BCUT2D eigenvalue weighted by atomic mass is 9.76. The number of hydrogen-bond donors (Lipinski definition) is 2. The van der Waals surface area contributed by atoms with Gasteiger partial charge in [0.2, 0.25) is 0 Å². The number of aromatic amines is 1. The van der Waals surface area contributed by atoms with Crippen LogP contribution in [0.25, 0.3) is 10.9 Å². The van der Waals surface area contributed by atoms with Crippen molar-refractivity contribution in [2.24, 2.45) is 5.41 Å². The number of ether oxygens (including phenoxy) is 1. The van der Waals surface area contributed by atoms with Gasteiger partial charge in [-0.05, 0) is 37.7 Å². The normalized spacial score (nSPS) is 22.2. The van der Waals surface area contributed by atoms with E-state index in [2.05, 4.69) is 4.98 Å². The third kappa shape index (κ3) is 2.83. The Morgan fingerprint density at radius 2 is 2.04 bits per heavy atom. The lowest BCUT2D eigenvalue weighted by Crippen LogP contribution is -2.46. The summed E-state index contributed by atoms with van der Waals surface area (Å²) in [5.74, 6) is -0.864. The van der Waals surface area contributed by atoms with Crippen LogP contribution in [0.15, 0.2) is 24.3 Å².